The van der Waals surface area contributed by atoms with E-state index in [4.69, 9.17) is 9.26 Å². The predicted molar refractivity (Wildman–Crippen MR) is 95.3 cm³/mol. The number of carbonyl (C=O) groups is 1. The Bertz CT molecular complexity index is 875. The smallest absolute Gasteiger partial charge is 0.226 e. The Morgan fingerprint density at radius 1 is 1.19 bits per heavy atom. The van der Waals surface area contributed by atoms with Crippen LogP contribution in [-0.2, 0) is 17.6 Å². The number of nitrogens with zero attached hydrogens (tertiary/aromatic N) is 1. The second-order valence-corrected chi connectivity index (χ2v) is 5.79. The number of methoxy groups -OCH3 is 1. The van der Waals surface area contributed by atoms with Crippen molar-refractivity contribution < 1.29 is 18.4 Å². The zero-order valence-electron chi connectivity index (χ0n) is 14.4. The Morgan fingerprint density at radius 3 is 2.69 bits per heavy atom. The van der Waals surface area contributed by atoms with Crippen LogP contribution in [0, 0.1) is 5.82 Å². The van der Waals surface area contributed by atoms with Crippen molar-refractivity contribution in [1.29, 1.82) is 0 Å². The zero-order chi connectivity index (χ0) is 18.4. The molecule has 0 saturated heterocycles. The van der Waals surface area contributed by atoms with Gasteiger partial charge in [0.15, 0.2) is 5.76 Å². The van der Waals surface area contributed by atoms with Crippen molar-refractivity contribution in [3.63, 3.8) is 0 Å². The molecule has 1 aromatic heterocycles. The number of benzene rings is 2. The van der Waals surface area contributed by atoms with Gasteiger partial charge in [-0.05, 0) is 36.2 Å². The number of hydrogen-bond acceptors (Lipinski definition) is 4. The maximum atomic E-state index is 13.7. The Hall–Kier alpha value is -3.15. The third-order valence-electron chi connectivity index (χ3n) is 3.93. The van der Waals surface area contributed by atoms with Crippen LogP contribution in [-0.4, -0.2) is 24.7 Å². The summed E-state index contributed by atoms with van der Waals surface area (Å²) in [7, 11) is 1.62. The second kappa shape index (κ2) is 8.29. The number of aromatic nitrogens is 1. The van der Waals surface area contributed by atoms with E-state index in [1.54, 1.807) is 31.4 Å². The molecule has 0 aliphatic carbocycles. The highest BCUT2D eigenvalue weighted by Gasteiger charge is 2.13. The van der Waals surface area contributed by atoms with Gasteiger partial charge in [0.05, 0.1) is 24.8 Å². The summed E-state index contributed by atoms with van der Waals surface area (Å²) in [5.41, 5.74) is 1.89. The fourth-order valence-corrected chi connectivity index (χ4v) is 2.55. The molecule has 0 atom stereocenters. The molecule has 3 rings (SSSR count). The molecule has 0 saturated carbocycles. The van der Waals surface area contributed by atoms with Gasteiger partial charge in [0.25, 0.3) is 0 Å². The SMILES string of the molecule is COc1ccc(CCNC(=O)Cc2cc(-c3ccccc3F)on2)cc1. The minimum Gasteiger partial charge on any atom is -0.497 e. The largest absolute Gasteiger partial charge is 0.497 e. The van der Waals surface area contributed by atoms with Crippen LogP contribution >= 0.6 is 0 Å². The number of halogens is 1. The summed E-state index contributed by atoms with van der Waals surface area (Å²) in [5.74, 6) is 0.560. The Morgan fingerprint density at radius 2 is 1.96 bits per heavy atom. The molecular weight excluding hydrogens is 335 g/mol. The molecule has 3 aromatic rings. The standard InChI is InChI=1S/C20H19FN2O3/c1-25-16-8-6-14(7-9-16)10-11-22-20(24)13-15-12-19(26-23-15)17-4-2-3-5-18(17)21/h2-9,12H,10-11,13H2,1H3,(H,22,24). The Balaban J connectivity index is 1.50. The minimum absolute atomic E-state index is 0.0839. The van der Waals surface area contributed by atoms with E-state index in [0.717, 1.165) is 17.7 Å². The number of hydrogen-bond donors (Lipinski definition) is 1. The van der Waals surface area contributed by atoms with Crippen LogP contribution in [0.2, 0.25) is 0 Å². The maximum absolute atomic E-state index is 13.7. The lowest BCUT2D eigenvalue weighted by Crippen LogP contribution is -2.27. The molecule has 1 heterocycles. The summed E-state index contributed by atoms with van der Waals surface area (Å²) in [4.78, 5) is 12.0. The number of ether oxygens (including phenoxy) is 1. The zero-order valence-corrected chi connectivity index (χ0v) is 14.4. The number of amides is 1. The molecule has 1 amide bonds. The molecule has 134 valence electrons. The molecule has 2 aromatic carbocycles. The van der Waals surface area contributed by atoms with Gasteiger partial charge in [0.2, 0.25) is 5.91 Å². The lowest BCUT2D eigenvalue weighted by Gasteiger charge is -2.05. The van der Waals surface area contributed by atoms with Crippen molar-refractivity contribution in [3.05, 3.63) is 71.7 Å². The second-order valence-electron chi connectivity index (χ2n) is 5.79. The summed E-state index contributed by atoms with van der Waals surface area (Å²) in [6.45, 7) is 0.517. The van der Waals surface area contributed by atoms with E-state index in [0.29, 0.717) is 23.6 Å². The van der Waals surface area contributed by atoms with Crippen molar-refractivity contribution in [2.75, 3.05) is 13.7 Å². The molecule has 0 radical (unpaired) electrons. The van der Waals surface area contributed by atoms with Crippen LogP contribution < -0.4 is 10.1 Å². The van der Waals surface area contributed by atoms with E-state index >= 15 is 0 Å². The Labute approximate surface area is 150 Å². The van der Waals surface area contributed by atoms with E-state index in [2.05, 4.69) is 10.5 Å². The fourth-order valence-electron chi connectivity index (χ4n) is 2.55. The van der Waals surface area contributed by atoms with Crippen LogP contribution in [0.3, 0.4) is 0 Å². The molecule has 6 heteroatoms. The van der Waals surface area contributed by atoms with Gasteiger partial charge in [-0.1, -0.05) is 29.4 Å². The Kier molecular flexibility index (Phi) is 5.63. The van der Waals surface area contributed by atoms with Gasteiger partial charge in [-0.25, -0.2) is 4.39 Å². The first kappa shape index (κ1) is 17.7. The van der Waals surface area contributed by atoms with Gasteiger partial charge >= 0.3 is 0 Å². The molecule has 0 aliphatic heterocycles. The number of carbonyl (C=O) groups excluding carboxylic acids is 1. The van der Waals surface area contributed by atoms with E-state index < -0.39 is 0 Å². The van der Waals surface area contributed by atoms with Gasteiger partial charge in [-0.3, -0.25) is 4.79 Å². The monoisotopic (exact) mass is 354 g/mol. The van der Waals surface area contributed by atoms with Crippen molar-refractivity contribution >= 4 is 5.91 Å². The first-order valence-electron chi connectivity index (χ1n) is 8.26. The van der Waals surface area contributed by atoms with Gasteiger partial charge in [0, 0.05) is 12.6 Å². The molecule has 1 N–H and O–H groups in total. The van der Waals surface area contributed by atoms with Crippen LogP contribution in [0.25, 0.3) is 11.3 Å². The quantitative estimate of drug-likeness (QED) is 0.706. The van der Waals surface area contributed by atoms with Crippen LogP contribution in [0.4, 0.5) is 4.39 Å². The minimum atomic E-state index is -0.390. The average molecular weight is 354 g/mol. The topological polar surface area (TPSA) is 64.4 Å². The third-order valence-corrected chi connectivity index (χ3v) is 3.93. The highest BCUT2D eigenvalue weighted by atomic mass is 19.1. The van der Waals surface area contributed by atoms with Gasteiger partial charge in [0.1, 0.15) is 11.6 Å². The van der Waals surface area contributed by atoms with Crippen LogP contribution in [0.5, 0.6) is 5.75 Å². The molecular formula is C20H19FN2O3. The van der Waals surface area contributed by atoms with Crippen molar-refractivity contribution in [3.8, 4) is 17.1 Å². The highest BCUT2D eigenvalue weighted by molar-refractivity contribution is 5.78. The van der Waals surface area contributed by atoms with E-state index in [1.165, 1.54) is 6.07 Å². The highest BCUT2D eigenvalue weighted by Crippen LogP contribution is 2.23. The molecule has 0 bridgehead atoms. The predicted octanol–water partition coefficient (Wildman–Crippen LogP) is 3.39. The summed E-state index contributed by atoms with van der Waals surface area (Å²) >= 11 is 0. The molecule has 0 spiro atoms. The summed E-state index contributed by atoms with van der Waals surface area (Å²) < 4.78 is 24.0. The van der Waals surface area contributed by atoms with Crippen LogP contribution in [0.15, 0.2) is 59.1 Å². The fraction of sp³-hybridized carbons (Fsp3) is 0.200. The average Bonchev–Trinajstić information content (AvgIpc) is 3.11. The van der Waals surface area contributed by atoms with Gasteiger partial charge < -0.3 is 14.6 Å². The number of nitrogens with one attached hydrogen (secondary N) is 1. The summed E-state index contributed by atoms with van der Waals surface area (Å²) in [6, 6.07) is 15.6. The summed E-state index contributed by atoms with van der Waals surface area (Å²) in [6.07, 6.45) is 0.801. The van der Waals surface area contributed by atoms with Crippen LogP contribution in [0.1, 0.15) is 11.3 Å². The van der Waals surface area contributed by atoms with Gasteiger partial charge in [-0.15, -0.1) is 0 Å². The molecule has 26 heavy (non-hydrogen) atoms. The van der Waals surface area contributed by atoms with Crippen molar-refractivity contribution in [1.82, 2.24) is 10.5 Å². The third kappa shape index (κ3) is 4.47. The lowest BCUT2D eigenvalue weighted by atomic mass is 10.1. The molecule has 0 unspecified atom stereocenters. The first-order valence-corrected chi connectivity index (χ1v) is 8.26. The van der Waals surface area contributed by atoms with E-state index in [1.807, 2.05) is 24.3 Å². The normalized spacial score (nSPS) is 10.5. The van der Waals surface area contributed by atoms with Crippen molar-refractivity contribution in [2.45, 2.75) is 12.8 Å². The van der Waals surface area contributed by atoms with Gasteiger partial charge in [-0.2, -0.15) is 0 Å². The van der Waals surface area contributed by atoms with Crippen molar-refractivity contribution in [2.24, 2.45) is 0 Å². The number of rotatable bonds is 7. The molecule has 0 aliphatic rings. The lowest BCUT2D eigenvalue weighted by molar-refractivity contribution is -0.120. The summed E-state index contributed by atoms with van der Waals surface area (Å²) in [5, 5.41) is 6.69. The maximum Gasteiger partial charge on any atom is 0.226 e. The molecule has 5 nitrogen and oxygen atoms in total. The van der Waals surface area contributed by atoms with E-state index in [9.17, 15) is 9.18 Å². The molecule has 0 fully saturated rings. The van der Waals surface area contributed by atoms with E-state index in [-0.39, 0.29) is 18.1 Å². The first-order chi connectivity index (χ1) is 12.7.